The van der Waals surface area contributed by atoms with E-state index in [2.05, 4.69) is 35.6 Å². The Morgan fingerprint density at radius 1 is 1.20 bits per heavy atom. The average molecular weight is 568 g/mol. The van der Waals surface area contributed by atoms with Crippen molar-refractivity contribution in [3.63, 3.8) is 0 Å². The van der Waals surface area contributed by atoms with Crippen molar-refractivity contribution >= 4 is 23.2 Å². The molecule has 4 heterocycles. The highest BCUT2D eigenvalue weighted by Gasteiger charge is 2.23. The number of amides is 1. The third kappa shape index (κ3) is 5.91. The molecule has 5 rings (SSSR count). The molecule has 0 unspecified atom stereocenters. The number of nitrogens with zero attached hydrogens (tertiary/aromatic N) is 6. The van der Waals surface area contributed by atoms with Gasteiger partial charge in [0.25, 0.3) is 5.91 Å². The minimum absolute atomic E-state index is 0.00820. The second-order valence-corrected chi connectivity index (χ2v) is 9.43. The van der Waals surface area contributed by atoms with Crippen molar-refractivity contribution in [1.82, 2.24) is 30.0 Å². The van der Waals surface area contributed by atoms with Gasteiger partial charge in [0.15, 0.2) is 5.82 Å². The number of aromatic nitrogens is 5. The van der Waals surface area contributed by atoms with Gasteiger partial charge in [-0.1, -0.05) is 0 Å². The number of carbonyl (C=O) groups is 1. The third-order valence-corrected chi connectivity index (χ3v) is 6.69. The number of ether oxygens (including phenoxy) is 1. The lowest BCUT2D eigenvalue weighted by molar-refractivity contribution is 0.0566. The first-order valence-electron chi connectivity index (χ1n) is 12.8. The summed E-state index contributed by atoms with van der Waals surface area (Å²) < 4.78 is 47.5. The Balaban J connectivity index is 1.49. The Morgan fingerprint density at radius 2 is 2.02 bits per heavy atom. The van der Waals surface area contributed by atoms with Crippen LogP contribution >= 0.6 is 0 Å². The fourth-order valence-electron chi connectivity index (χ4n) is 4.72. The molecule has 11 nitrogen and oxygen atoms in total. The molecule has 0 bridgehead atoms. The minimum atomic E-state index is -2.76. The van der Waals surface area contributed by atoms with E-state index < -0.39 is 18.3 Å². The second-order valence-electron chi connectivity index (χ2n) is 9.43. The second kappa shape index (κ2) is 11.8. The van der Waals surface area contributed by atoms with Crippen LogP contribution in [0.2, 0.25) is 0 Å². The highest BCUT2D eigenvalue weighted by atomic mass is 19.3. The molecule has 1 aliphatic heterocycles. The fraction of sp³-hybridized carbons (Fsp3) is 0.296. The van der Waals surface area contributed by atoms with E-state index in [1.54, 1.807) is 18.3 Å². The van der Waals surface area contributed by atoms with Crippen LogP contribution in [0, 0.1) is 5.82 Å². The zero-order valence-corrected chi connectivity index (χ0v) is 22.3. The molecule has 3 aromatic heterocycles. The van der Waals surface area contributed by atoms with Gasteiger partial charge in [-0.15, -0.1) is 0 Å². The van der Waals surface area contributed by atoms with Crippen LogP contribution in [-0.2, 0) is 0 Å². The lowest BCUT2D eigenvalue weighted by Gasteiger charge is -2.34. The Hall–Kier alpha value is -4.72. The molecule has 0 radical (unpaired) electrons. The first kappa shape index (κ1) is 27.8. The highest BCUT2D eigenvalue weighted by molar-refractivity contribution is 5.95. The molecule has 1 aromatic carbocycles. The van der Waals surface area contributed by atoms with E-state index in [9.17, 15) is 13.6 Å². The van der Waals surface area contributed by atoms with Gasteiger partial charge in [0.1, 0.15) is 23.2 Å². The summed E-state index contributed by atoms with van der Waals surface area (Å²) >= 11 is 0. The summed E-state index contributed by atoms with van der Waals surface area (Å²) in [6.45, 7) is -1.45. The molecule has 4 aromatic rings. The molecule has 1 aliphatic rings. The van der Waals surface area contributed by atoms with Crippen LogP contribution in [0.3, 0.4) is 0 Å². The number of rotatable bonds is 8. The summed E-state index contributed by atoms with van der Waals surface area (Å²) in [5.74, 6) is -0.334. The summed E-state index contributed by atoms with van der Waals surface area (Å²) in [4.78, 5) is 27.2. The summed E-state index contributed by atoms with van der Waals surface area (Å²) in [6, 6.07) is 5.84. The van der Waals surface area contributed by atoms with Gasteiger partial charge in [-0.3, -0.25) is 4.79 Å². The lowest BCUT2D eigenvalue weighted by atomic mass is 10.0. The SMILES string of the molecule is CNC(=O)c1cc(F)c(-c2nccc(Nc3cc(N4CCC[C@H](N)C4)c(-c4cnn(C(F)F)c4)cn3)n2)c(OC)c1. The molecule has 1 amide bonds. The number of piperidine rings is 1. The van der Waals surface area contributed by atoms with Gasteiger partial charge >= 0.3 is 6.55 Å². The Labute approximate surface area is 233 Å². The number of nitrogens with two attached hydrogens (primary N) is 1. The first-order chi connectivity index (χ1) is 19.8. The molecule has 14 heteroatoms. The van der Waals surface area contributed by atoms with E-state index in [-0.39, 0.29) is 28.7 Å². The van der Waals surface area contributed by atoms with Crippen molar-refractivity contribution in [3.8, 4) is 28.3 Å². The van der Waals surface area contributed by atoms with Crippen molar-refractivity contribution in [1.29, 1.82) is 0 Å². The summed E-state index contributed by atoms with van der Waals surface area (Å²) in [5.41, 5.74) is 8.18. The summed E-state index contributed by atoms with van der Waals surface area (Å²) in [5, 5.41) is 9.33. The number of anilines is 3. The first-order valence-corrected chi connectivity index (χ1v) is 12.8. The smallest absolute Gasteiger partial charge is 0.333 e. The number of halogens is 3. The molecule has 1 atom stereocenters. The van der Waals surface area contributed by atoms with Gasteiger partial charge < -0.3 is 26.0 Å². The van der Waals surface area contributed by atoms with Crippen LogP contribution in [0.25, 0.3) is 22.5 Å². The zero-order chi connectivity index (χ0) is 29.1. The normalized spacial score (nSPS) is 15.2. The van der Waals surface area contributed by atoms with Crippen molar-refractivity contribution in [2.75, 3.05) is 37.5 Å². The third-order valence-electron chi connectivity index (χ3n) is 6.69. The maximum Gasteiger partial charge on any atom is 0.333 e. The van der Waals surface area contributed by atoms with Crippen molar-refractivity contribution < 1.29 is 22.7 Å². The molecule has 1 saturated heterocycles. The predicted octanol–water partition coefficient (Wildman–Crippen LogP) is 3.98. The number of nitrogens with one attached hydrogen (secondary N) is 2. The maximum absolute atomic E-state index is 15.1. The molecule has 0 aliphatic carbocycles. The fourth-order valence-corrected chi connectivity index (χ4v) is 4.72. The number of carbonyl (C=O) groups excluding carboxylic acids is 1. The Bertz CT molecular complexity index is 1560. The minimum Gasteiger partial charge on any atom is -0.496 e. The van der Waals surface area contributed by atoms with E-state index in [0.717, 1.165) is 31.1 Å². The maximum atomic E-state index is 15.1. The van der Waals surface area contributed by atoms with Crippen LogP contribution in [-0.4, -0.2) is 63.9 Å². The van der Waals surface area contributed by atoms with Gasteiger partial charge in [-0.2, -0.15) is 13.9 Å². The quantitative estimate of drug-likeness (QED) is 0.289. The number of pyridine rings is 1. The largest absolute Gasteiger partial charge is 0.496 e. The number of methoxy groups -OCH3 is 1. The molecule has 4 N–H and O–H groups in total. The summed E-state index contributed by atoms with van der Waals surface area (Å²) in [6.07, 6.45) is 7.44. The number of benzene rings is 1. The van der Waals surface area contributed by atoms with Crippen LogP contribution in [0.15, 0.2) is 49.1 Å². The van der Waals surface area contributed by atoms with E-state index in [1.807, 2.05) is 0 Å². The summed E-state index contributed by atoms with van der Waals surface area (Å²) in [7, 11) is 2.80. The molecule has 214 valence electrons. The van der Waals surface area contributed by atoms with Gasteiger partial charge in [0.05, 0.1) is 18.9 Å². The van der Waals surface area contributed by atoms with Crippen LogP contribution in [0.4, 0.5) is 30.5 Å². The molecule has 41 heavy (non-hydrogen) atoms. The Morgan fingerprint density at radius 3 is 2.73 bits per heavy atom. The standard InChI is InChI=1S/C27H28F3N9O2/c1-32-26(40)15-8-19(28)24(21(9-15)41-2)25-33-6-5-22(37-25)36-23-10-20(38-7-3-4-17(31)14-38)18(12-34-23)16-11-35-39(13-16)27(29)30/h5-6,8-13,17,27H,3-4,7,14,31H2,1-2H3,(H,32,40)(H,33,34,36,37)/t17-/m0/s1. The van der Waals surface area contributed by atoms with Crippen molar-refractivity contribution in [3.05, 3.63) is 60.4 Å². The zero-order valence-electron chi connectivity index (χ0n) is 22.3. The van der Waals surface area contributed by atoms with Gasteiger partial charge in [-0.25, -0.2) is 24.0 Å². The molecular weight excluding hydrogens is 539 g/mol. The average Bonchev–Trinajstić information content (AvgIpc) is 3.47. The van der Waals surface area contributed by atoms with Gasteiger partial charge in [0.2, 0.25) is 0 Å². The monoisotopic (exact) mass is 567 g/mol. The van der Waals surface area contributed by atoms with Gasteiger partial charge in [0, 0.05) is 73.2 Å². The van der Waals surface area contributed by atoms with E-state index in [4.69, 9.17) is 10.5 Å². The van der Waals surface area contributed by atoms with E-state index >= 15 is 4.39 Å². The lowest BCUT2D eigenvalue weighted by Crippen LogP contribution is -2.43. The number of hydrogen-bond donors (Lipinski definition) is 3. The molecule has 0 saturated carbocycles. The number of alkyl halides is 2. The topological polar surface area (TPSA) is 136 Å². The van der Waals surface area contributed by atoms with E-state index in [0.29, 0.717) is 34.0 Å². The van der Waals surface area contributed by atoms with Crippen molar-refractivity contribution in [2.45, 2.75) is 25.4 Å². The van der Waals surface area contributed by atoms with Gasteiger partial charge in [-0.05, 0) is 31.0 Å². The molecular formula is C27H28F3N9O2. The van der Waals surface area contributed by atoms with Crippen molar-refractivity contribution in [2.24, 2.45) is 5.73 Å². The number of hydrogen-bond acceptors (Lipinski definition) is 9. The van der Waals surface area contributed by atoms with Crippen LogP contribution in [0.5, 0.6) is 5.75 Å². The Kier molecular flexibility index (Phi) is 8.01. The van der Waals surface area contributed by atoms with Crippen LogP contribution in [0.1, 0.15) is 29.7 Å². The molecule has 1 fully saturated rings. The predicted molar refractivity (Wildman–Crippen MR) is 147 cm³/mol. The van der Waals surface area contributed by atoms with Crippen LogP contribution < -0.4 is 26.0 Å². The molecule has 0 spiro atoms. The highest BCUT2D eigenvalue weighted by Crippen LogP contribution is 2.36. The van der Waals surface area contributed by atoms with E-state index in [1.165, 1.54) is 38.8 Å².